The smallest absolute Gasteiger partial charge is 0.00415 e. The summed E-state index contributed by atoms with van der Waals surface area (Å²) in [6, 6.07) is 0.501. The lowest BCUT2D eigenvalue weighted by molar-refractivity contribution is 0.200. The maximum absolute atomic E-state index is 6.27. The van der Waals surface area contributed by atoms with Gasteiger partial charge in [-0.2, -0.15) is 0 Å². The maximum atomic E-state index is 6.27. The van der Waals surface area contributed by atoms with Gasteiger partial charge in [-0.3, -0.25) is 0 Å². The molecule has 138 valence electrons. The Morgan fingerprint density at radius 1 is 0.739 bits per heavy atom. The van der Waals surface area contributed by atoms with Gasteiger partial charge in [-0.1, -0.05) is 110 Å². The zero-order valence-corrected chi connectivity index (χ0v) is 16.3. The van der Waals surface area contributed by atoms with Gasteiger partial charge in [-0.25, -0.2) is 0 Å². The lowest BCUT2D eigenvalue weighted by Crippen LogP contribution is -2.31. The summed E-state index contributed by atoms with van der Waals surface area (Å²) >= 11 is 0. The van der Waals surface area contributed by atoms with Crippen LogP contribution in [0.2, 0.25) is 0 Å². The molecule has 1 nitrogen and oxygen atoms in total. The zero-order chi connectivity index (χ0) is 16.8. The predicted octanol–water partition coefficient (Wildman–Crippen LogP) is 7.23. The Morgan fingerprint density at radius 3 is 1.78 bits per heavy atom. The number of unbranched alkanes of at least 4 members (excludes halogenated alkanes) is 9. The molecule has 0 saturated heterocycles. The molecule has 0 heterocycles. The van der Waals surface area contributed by atoms with E-state index in [-0.39, 0.29) is 0 Å². The molecule has 1 aliphatic rings. The van der Waals surface area contributed by atoms with Crippen molar-refractivity contribution in [1.29, 1.82) is 0 Å². The molecule has 1 saturated carbocycles. The fourth-order valence-corrected chi connectivity index (χ4v) is 4.51. The van der Waals surface area contributed by atoms with Crippen molar-refractivity contribution < 1.29 is 0 Å². The molecule has 0 aromatic rings. The fourth-order valence-electron chi connectivity index (χ4n) is 4.51. The second-order valence-corrected chi connectivity index (χ2v) is 8.21. The van der Waals surface area contributed by atoms with Crippen LogP contribution in [-0.4, -0.2) is 6.04 Å². The summed E-state index contributed by atoms with van der Waals surface area (Å²) in [5.74, 6) is 1.93. The molecule has 0 radical (unpaired) electrons. The van der Waals surface area contributed by atoms with Crippen LogP contribution in [0.5, 0.6) is 0 Å². The molecule has 1 rings (SSSR count). The topological polar surface area (TPSA) is 26.0 Å². The Labute approximate surface area is 147 Å². The Bertz CT molecular complexity index is 250. The highest BCUT2D eigenvalue weighted by Crippen LogP contribution is 2.35. The Balaban J connectivity index is 2.26. The van der Waals surface area contributed by atoms with Gasteiger partial charge in [0.15, 0.2) is 0 Å². The zero-order valence-electron chi connectivity index (χ0n) is 16.3. The monoisotopic (exact) mass is 323 g/mol. The highest BCUT2D eigenvalue weighted by Gasteiger charge is 2.26. The number of hydrogen-bond acceptors (Lipinski definition) is 1. The van der Waals surface area contributed by atoms with Gasteiger partial charge >= 0.3 is 0 Å². The van der Waals surface area contributed by atoms with Crippen LogP contribution in [0, 0.1) is 11.8 Å². The Hall–Kier alpha value is -0.0400. The van der Waals surface area contributed by atoms with E-state index in [2.05, 4.69) is 13.8 Å². The van der Waals surface area contributed by atoms with E-state index in [0.29, 0.717) is 6.04 Å². The Kier molecular flexibility index (Phi) is 13.1. The van der Waals surface area contributed by atoms with Gasteiger partial charge in [-0.05, 0) is 24.7 Å². The minimum Gasteiger partial charge on any atom is -0.328 e. The molecule has 0 bridgehead atoms. The first kappa shape index (κ1) is 21.0. The molecule has 0 aromatic heterocycles. The summed E-state index contributed by atoms with van der Waals surface area (Å²) in [5.41, 5.74) is 6.27. The minimum atomic E-state index is 0.501. The largest absolute Gasteiger partial charge is 0.328 e. The summed E-state index contributed by atoms with van der Waals surface area (Å²) < 4.78 is 0. The minimum absolute atomic E-state index is 0.501. The molecule has 23 heavy (non-hydrogen) atoms. The van der Waals surface area contributed by atoms with E-state index in [9.17, 15) is 0 Å². The standard InChI is InChI=1S/C22H45N/c1-3-5-7-9-11-13-16-20(15-12-10-8-6-4-2)21-17-14-18-22(23)19-21/h20-22H,3-19,23H2,1-2H3/t20?,21-,22-/m0/s1. The van der Waals surface area contributed by atoms with Crippen LogP contribution in [0.4, 0.5) is 0 Å². The van der Waals surface area contributed by atoms with Crippen molar-refractivity contribution in [1.82, 2.24) is 0 Å². The quantitative estimate of drug-likeness (QED) is 0.335. The van der Waals surface area contributed by atoms with Crippen LogP contribution >= 0.6 is 0 Å². The van der Waals surface area contributed by atoms with Gasteiger partial charge in [0.1, 0.15) is 0 Å². The molecule has 2 N–H and O–H groups in total. The third-order valence-electron chi connectivity index (χ3n) is 6.03. The van der Waals surface area contributed by atoms with E-state index >= 15 is 0 Å². The summed E-state index contributed by atoms with van der Waals surface area (Å²) in [6.45, 7) is 4.62. The molecule has 0 aliphatic heterocycles. The highest BCUT2D eigenvalue weighted by molar-refractivity contribution is 4.80. The van der Waals surface area contributed by atoms with E-state index in [1.54, 1.807) is 0 Å². The molecule has 0 spiro atoms. The van der Waals surface area contributed by atoms with Gasteiger partial charge in [0.05, 0.1) is 0 Å². The molecule has 0 amide bonds. The van der Waals surface area contributed by atoms with Gasteiger partial charge in [0.2, 0.25) is 0 Å². The fraction of sp³-hybridized carbons (Fsp3) is 1.00. The summed E-state index contributed by atoms with van der Waals surface area (Å²) in [6.07, 6.45) is 24.2. The van der Waals surface area contributed by atoms with Crippen LogP contribution in [0.1, 0.15) is 123 Å². The third kappa shape index (κ3) is 10.4. The summed E-state index contributed by atoms with van der Waals surface area (Å²) in [4.78, 5) is 0. The van der Waals surface area contributed by atoms with Crippen molar-refractivity contribution in [3.8, 4) is 0 Å². The van der Waals surface area contributed by atoms with Crippen molar-refractivity contribution in [2.75, 3.05) is 0 Å². The summed E-state index contributed by atoms with van der Waals surface area (Å²) in [5, 5.41) is 0. The molecular weight excluding hydrogens is 278 g/mol. The van der Waals surface area contributed by atoms with Gasteiger partial charge in [0.25, 0.3) is 0 Å². The van der Waals surface area contributed by atoms with E-state index < -0.39 is 0 Å². The highest BCUT2D eigenvalue weighted by atomic mass is 14.6. The Morgan fingerprint density at radius 2 is 1.26 bits per heavy atom. The second kappa shape index (κ2) is 14.3. The first-order valence-corrected chi connectivity index (χ1v) is 11.0. The van der Waals surface area contributed by atoms with Crippen molar-refractivity contribution in [3.63, 3.8) is 0 Å². The van der Waals surface area contributed by atoms with Gasteiger partial charge < -0.3 is 5.73 Å². The molecule has 1 heteroatoms. The van der Waals surface area contributed by atoms with E-state index in [4.69, 9.17) is 5.73 Å². The van der Waals surface area contributed by atoms with Crippen molar-refractivity contribution >= 4 is 0 Å². The lowest BCUT2D eigenvalue weighted by atomic mass is 9.74. The average molecular weight is 324 g/mol. The van der Waals surface area contributed by atoms with Crippen LogP contribution in [0.15, 0.2) is 0 Å². The SMILES string of the molecule is CCCCCCCCC(CCCCCCC)[C@H]1CCC[C@H](N)C1. The molecule has 3 atom stereocenters. The molecule has 1 fully saturated rings. The lowest BCUT2D eigenvalue weighted by Gasteiger charge is -2.33. The number of hydrogen-bond donors (Lipinski definition) is 1. The van der Waals surface area contributed by atoms with Crippen molar-refractivity contribution in [3.05, 3.63) is 0 Å². The van der Waals surface area contributed by atoms with E-state index in [0.717, 1.165) is 11.8 Å². The average Bonchev–Trinajstić information content (AvgIpc) is 2.56. The van der Waals surface area contributed by atoms with Gasteiger partial charge in [0, 0.05) is 6.04 Å². The van der Waals surface area contributed by atoms with Crippen molar-refractivity contribution in [2.45, 2.75) is 129 Å². The van der Waals surface area contributed by atoms with Crippen LogP contribution in [0.3, 0.4) is 0 Å². The maximum Gasteiger partial charge on any atom is 0.00415 e. The van der Waals surface area contributed by atoms with Crippen LogP contribution in [-0.2, 0) is 0 Å². The van der Waals surface area contributed by atoms with Crippen LogP contribution < -0.4 is 5.73 Å². The van der Waals surface area contributed by atoms with Crippen LogP contribution in [0.25, 0.3) is 0 Å². The first-order valence-electron chi connectivity index (χ1n) is 11.0. The first-order chi connectivity index (χ1) is 11.3. The van der Waals surface area contributed by atoms with Gasteiger partial charge in [-0.15, -0.1) is 0 Å². The second-order valence-electron chi connectivity index (χ2n) is 8.21. The molecule has 1 aliphatic carbocycles. The number of rotatable bonds is 14. The van der Waals surface area contributed by atoms with Crippen molar-refractivity contribution in [2.24, 2.45) is 17.6 Å². The third-order valence-corrected chi connectivity index (χ3v) is 6.03. The van der Waals surface area contributed by atoms with E-state index in [1.165, 1.54) is 109 Å². The molecule has 0 aromatic carbocycles. The number of nitrogens with two attached hydrogens (primary N) is 1. The molecular formula is C22H45N. The summed E-state index contributed by atoms with van der Waals surface area (Å²) in [7, 11) is 0. The molecule has 1 unspecified atom stereocenters. The van der Waals surface area contributed by atoms with E-state index in [1.807, 2.05) is 0 Å². The normalized spacial score (nSPS) is 23.1. The predicted molar refractivity (Wildman–Crippen MR) is 105 cm³/mol.